The molecule has 0 heterocycles. The second-order valence-corrected chi connectivity index (χ2v) is 4.97. The molecule has 0 bridgehead atoms. The van der Waals surface area contributed by atoms with E-state index >= 15 is 0 Å². The Labute approximate surface area is 120 Å². The molecular weight excluding hydrogens is 254 g/mol. The molecular formula is C15H25N3O2. The zero-order valence-electron chi connectivity index (χ0n) is 12.5. The first-order valence-electron chi connectivity index (χ1n) is 6.93. The van der Waals surface area contributed by atoms with Gasteiger partial charge in [0.1, 0.15) is 5.75 Å². The maximum absolute atomic E-state index is 10.7. The van der Waals surface area contributed by atoms with Crippen LogP contribution in [0.25, 0.3) is 0 Å². The van der Waals surface area contributed by atoms with Crippen molar-refractivity contribution in [2.24, 2.45) is 0 Å². The predicted molar refractivity (Wildman–Crippen MR) is 81.9 cm³/mol. The summed E-state index contributed by atoms with van der Waals surface area (Å²) in [5.41, 5.74) is 7.74. The van der Waals surface area contributed by atoms with Gasteiger partial charge >= 0.3 is 0 Å². The van der Waals surface area contributed by atoms with E-state index in [1.807, 2.05) is 18.2 Å². The number of nitrogen functional groups attached to an aromatic ring is 1. The molecule has 20 heavy (non-hydrogen) atoms. The summed E-state index contributed by atoms with van der Waals surface area (Å²) in [4.78, 5) is 10.7. The molecule has 5 heteroatoms. The molecule has 1 atom stereocenters. The van der Waals surface area contributed by atoms with Gasteiger partial charge in [0.25, 0.3) is 0 Å². The maximum atomic E-state index is 10.7. The summed E-state index contributed by atoms with van der Waals surface area (Å²) >= 11 is 0. The van der Waals surface area contributed by atoms with E-state index < -0.39 is 0 Å². The van der Waals surface area contributed by atoms with Crippen LogP contribution < -0.4 is 21.1 Å². The second-order valence-electron chi connectivity index (χ2n) is 4.97. The van der Waals surface area contributed by atoms with Gasteiger partial charge in [-0.15, -0.1) is 0 Å². The molecule has 0 saturated heterocycles. The van der Waals surface area contributed by atoms with Crippen molar-refractivity contribution in [1.29, 1.82) is 0 Å². The van der Waals surface area contributed by atoms with Crippen LogP contribution in [0.2, 0.25) is 0 Å². The van der Waals surface area contributed by atoms with Gasteiger partial charge in [-0.1, -0.05) is 6.07 Å². The SMILES string of the molecule is COc1ccc(CC(C)NCCCNC(C)=O)cc1N. The molecule has 5 nitrogen and oxygen atoms in total. The molecule has 0 radical (unpaired) electrons. The zero-order valence-corrected chi connectivity index (χ0v) is 12.5. The molecule has 0 saturated carbocycles. The highest BCUT2D eigenvalue weighted by atomic mass is 16.5. The third kappa shape index (κ3) is 5.93. The summed E-state index contributed by atoms with van der Waals surface area (Å²) in [7, 11) is 1.62. The number of carbonyl (C=O) groups excluding carboxylic acids is 1. The maximum Gasteiger partial charge on any atom is 0.216 e. The summed E-state index contributed by atoms with van der Waals surface area (Å²) in [5.74, 6) is 0.733. The fourth-order valence-electron chi connectivity index (χ4n) is 2.04. The van der Waals surface area contributed by atoms with E-state index in [-0.39, 0.29) is 5.91 Å². The molecule has 1 rings (SSSR count). The fraction of sp³-hybridized carbons (Fsp3) is 0.533. The lowest BCUT2D eigenvalue weighted by Gasteiger charge is -2.15. The Morgan fingerprint density at radius 2 is 2.15 bits per heavy atom. The van der Waals surface area contributed by atoms with Crippen LogP contribution in [-0.4, -0.2) is 32.1 Å². The van der Waals surface area contributed by atoms with Gasteiger partial charge in [-0.05, 0) is 44.0 Å². The minimum atomic E-state index is 0.0201. The average molecular weight is 279 g/mol. The molecule has 0 fully saturated rings. The van der Waals surface area contributed by atoms with Crippen LogP contribution in [0.15, 0.2) is 18.2 Å². The molecule has 0 aliphatic rings. The Hall–Kier alpha value is -1.75. The van der Waals surface area contributed by atoms with E-state index in [1.165, 1.54) is 12.5 Å². The van der Waals surface area contributed by atoms with Gasteiger partial charge in [-0.3, -0.25) is 4.79 Å². The molecule has 0 spiro atoms. The number of benzene rings is 1. The number of hydrogen-bond donors (Lipinski definition) is 3. The van der Waals surface area contributed by atoms with Gasteiger partial charge < -0.3 is 21.1 Å². The van der Waals surface area contributed by atoms with Crippen LogP contribution >= 0.6 is 0 Å². The van der Waals surface area contributed by atoms with Gasteiger partial charge in [0, 0.05) is 19.5 Å². The largest absolute Gasteiger partial charge is 0.495 e. The van der Waals surface area contributed by atoms with Crippen molar-refractivity contribution >= 4 is 11.6 Å². The fourth-order valence-corrected chi connectivity index (χ4v) is 2.04. The van der Waals surface area contributed by atoms with Crippen LogP contribution in [0.3, 0.4) is 0 Å². The highest BCUT2D eigenvalue weighted by molar-refractivity contribution is 5.72. The molecule has 1 aromatic carbocycles. The van der Waals surface area contributed by atoms with E-state index in [0.29, 0.717) is 24.0 Å². The Morgan fingerprint density at radius 1 is 1.40 bits per heavy atom. The van der Waals surface area contributed by atoms with E-state index in [2.05, 4.69) is 17.6 Å². The number of ether oxygens (including phenoxy) is 1. The second kappa shape index (κ2) is 8.43. The Balaban J connectivity index is 2.29. The molecule has 4 N–H and O–H groups in total. The summed E-state index contributed by atoms with van der Waals surface area (Å²) in [6.45, 7) is 5.26. The van der Waals surface area contributed by atoms with Gasteiger partial charge in [0.15, 0.2) is 0 Å². The minimum Gasteiger partial charge on any atom is -0.495 e. The molecule has 1 aromatic rings. The van der Waals surface area contributed by atoms with Crippen molar-refractivity contribution in [3.8, 4) is 5.75 Å². The van der Waals surface area contributed by atoms with Crippen molar-refractivity contribution in [2.45, 2.75) is 32.7 Å². The number of carbonyl (C=O) groups is 1. The summed E-state index contributed by atoms with van der Waals surface area (Å²) in [6.07, 6.45) is 1.84. The van der Waals surface area contributed by atoms with Crippen molar-refractivity contribution in [3.05, 3.63) is 23.8 Å². The van der Waals surface area contributed by atoms with Crippen LogP contribution in [-0.2, 0) is 11.2 Å². The minimum absolute atomic E-state index is 0.0201. The normalized spacial score (nSPS) is 11.9. The zero-order chi connectivity index (χ0) is 15.0. The highest BCUT2D eigenvalue weighted by Gasteiger charge is 2.05. The lowest BCUT2D eigenvalue weighted by Crippen LogP contribution is -2.31. The molecule has 1 unspecified atom stereocenters. The number of hydrogen-bond acceptors (Lipinski definition) is 4. The van der Waals surface area contributed by atoms with Crippen molar-refractivity contribution < 1.29 is 9.53 Å². The Morgan fingerprint density at radius 3 is 2.75 bits per heavy atom. The number of amides is 1. The third-order valence-electron chi connectivity index (χ3n) is 3.06. The average Bonchev–Trinajstić information content (AvgIpc) is 2.38. The van der Waals surface area contributed by atoms with Gasteiger partial charge in [0.2, 0.25) is 5.91 Å². The van der Waals surface area contributed by atoms with Crippen LogP contribution in [0.5, 0.6) is 5.75 Å². The first kappa shape index (κ1) is 16.3. The number of anilines is 1. The summed E-state index contributed by atoms with van der Waals surface area (Å²) in [6, 6.07) is 6.24. The Bertz CT molecular complexity index is 435. The van der Waals surface area contributed by atoms with Crippen molar-refractivity contribution in [1.82, 2.24) is 10.6 Å². The monoisotopic (exact) mass is 279 g/mol. The molecule has 0 aliphatic carbocycles. The van der Waals surface area contributed by atoms with Crippen LogP contribution in [0.1, 0.15) is 25.8 Å². The van der Waals surface area contributed by atoms with Crippen LogP contribution in [0, 0.1) is 0 Å². The lowest BCUT2D eigenvalue weighted by molar-refractivity contribution is -0.118. The molecule has 0 aliphatic heterocycles. The topological polar surface area (TPSA) is 76.4 Å². The predicted octanol–water partition coefficient (Wildman–Crippen LogP) is 1.32. The smallest absolute Gasteiger partial charge is 0.216 e. The van der Waals surface area contributed by atoms with Gasteiger partial charge in [0.05, 0.1) is 12.8 Å². The van der Waals surface area contributed by atoms with E-state index in [4.69, 9.17) is 10.5 Å². The van der Waals surface area contributed by atoms with Crippen LogP contribution in [0.4, 0.5) is 5.69 Å². The Kier molecular flexibility index (Phi) is 6.87. The number of methoxy groups -OCH3 is 1. The van der Waals surface area contributed by atoms with Gasteiger partial charge in [-0.2, -0.15) is 0 Å². The van der Waals surface area contributed by atoms with E-state index in [1.54, 1.807) is 7.11 Å². The first-order valence-corrected chi connectivity index (χ1v) is 6.93. The highest BCUT2D eigenvalue weighted by Crippen LogP contribution is 2.22. The number of nitrogens with two attached hydrogens (primary N) is 1. The van der Waals surface area contributed by atoms with Crippen molar-refractivity contribution in [2.75, 3.05) is 25.9 Å². The quantitative estimate of drug-likeness (QED) is 0.495. The third-order valence-corrected chi connectivity index (χ3v) is 3.06. The van der Waals surface area contributed by atoms with Gasteiger partial charge in [-0.25, -0.2) is 0 Å². The molecule has 1 amide bonds. The number of nitrogens with one attached hydrogen (secondary N) is 2. The standard InChI is InChI=1S/C15H25N3O2/c1-11(17-7-4-8-18-12(2)19)9-13-5-6-15(20-3)14(16)10-13/h5-6,10-11,17H,4,7-9,16H2,1-3H3,(H,18,19). The van der Waals surface area contributed by atoms with Crippen molar-refractivity contribution in [3.63, 3.8) is 0 Å². The molecule has 112 valence electrons. The number of rotatable bonds is 8. The summed E-state index contributed by atoms with van der Waals surface area (Å²) in [5, 5.41) is 6.21. The molecule has 0 aromatic heterocycles. The first-order chi connectivity index (χ1) is 9.52. The summed E-state index contributed by atoms with van der Waals surface area (Å²) < 4.78 is 5.14. The lowest BCUT2D eigenvalue weighted by atomic mass is 10.1. The van der Waals surface area contributed by atoms with E-state index in [0.717, 1.165) is 19.4 Å². The van der Waals surface area contributed by atoms with E-state index in [9.17, 15) is 4.79 Å².